The van der Waals surface area contributed by atoms with E-state index in [-0.39, 0.29) is 11.5 Å². The van der Waals surface area contributed by atoms with Crippen molar-refractivity contribution < 1.29 is 14.3 Å². The molecule has 0 radical (unpaired) electrons. The summed E-state index contributed by atoms with van der Waals surface area (Å²) in [6.45, 7) is 0. The van der Waals surface area contributed by atoms with Gasteiger partial charge in [-0.1, -0.05) is 28.1 Å². The van der Waals surface area contributed by atoms with Crippen LogP contribution in [0.2, 0.25) is 0 Å². The van der Waals surface area contributed by atoms with Crippen LogP contribution in [0.1, 0.15) is 40.2 Å². The summed E-state index contributed by atoms with van der Waals surface area (Å²) in [6, 6.07) is 12.1. The highest BCUT2D eigenvalue weighted by Gasteiger charge is 2.51. The SMILES string of the molecule is O=C(O)c1ncn2c1C1(CC1)N=C(c1ccccc1F)c1cc(Br)ccc1-2. The van der Waals surface area contributed by atoms with Crippen LogP contribution in [0.25, 0.3) is 5.69 Å². The van der Waals surface area contributed by atoms with Crippen LogP contribution in [-0.4, -0.2) is 26.3 Å². The van der Waals surface area contributed by atoms with Gasteiger partial charge in [0.05, 0.1) is 17.1 Å². The molecule has 1 aliphatic carbocycles. The lowest BCUT2D eigenvalue weighted by Gasteiger charge is -2.12. The second kappa shape index (κ2) is 5.60. The Balaban J connectivity index is 1.88. The molecule has 1 aromatic heterocycles. The number of aromatic nitrogens is 2. The Kier molecular flexibility index (Phi) is 3.40. The van der Waals surface area contributed by atoms with Crippen molar-refractivity contribution in [1.82, 2.24) is 9.55 Å². The van der Waals surface area contributed by atoms with Gasteiger partial charge in [-0.3, -0.25) is 9.56 Å². The first kappa shape index (κ1) is 16.4. The molecule has 3 aromatic rings. The fraction of sp³-hybridized carbons (Fsp3) is 0.150. The second-order valence-corrected chi connectivity index (χ2v) is 7.67. The number of benzene rings is 2. The zero-order chi connectivity index (χ0) is 18.8. The average Bonchev–Trinajstić information content (AvgIpc) is 3.30. The van der Waals surface area contributed by atoms with Gasteiger partial charge in [-0.2, -0.15) is 0 Å². The number of rotatable bonds is 2. The minimum Gasteiger partial charge on any atom is -0.476 e. The monoisotopic (exact) mass is 425 g/mol. The summed E-state index contributed by atoms with van der Waals surface area (Å²) in [5, 5.41) is 9.61. The van der Waals surface area contributed by atoms with E-state index in [2.05, 4.69) is 20.9 Å². The topological polar surface area (TPSA) is 67.5 Å². The lowest BCUT2D eigenvalue weighted by molar-refractivity contribution is 0.0688. The van der Waals surface area contributed by atoms with E-state index in [1.54, 1.807) is 22.8 Å². The van der Waals surface area contributed by atoms with Gasteiger partial charge < -0.3 is 5.11 Å². The van der Waals surface area contributed by atoms with Gasteiger partial charge in [0.1, 0.15) is 17.7 Å². The quantitative estimate of drug-likeness (QED) is 0.664. The van der Waals surface area contributed by atoms with E-state index in [1.807, 2.05) is 18.2 Å². The van der Waals surface area contributed by atoms with E-state index < -0.39 is 11.5 Å². The third-order valence-electron chi connectivity index (χ3n) is 5.06. The predicted octanol–water partition coefficient (Wildman–Crippen LogP) is 4.31. The normalized spacial score (nSPS) is 16.3. The minimum atomic E-state index is -1.08. The third-order valence-corrected chi connectivity index (χ3v) is 5.56. The number of carboxylic acids is 1. The Morgan fingerprint density at radius 2 is 1.96 bits per heavy atom. The molecular weight excluding hydrogens is 413 g/mol. The molecule has 1 aliphatic heterocycles. The Morgan fingerprint density at radius 3 is 2.67 bits per heavy atom. The summed E-state index contributed by atoms with van der Waals surface area (Å²) in [5.74, 6) is -1.45. The zero-order valence-corrected chi connectivity index (χ0v) is 15.6. The molecule has 1 spiro atoms. The lowest BCUT2D eigenvalue weighted by Crippen LogP contribution is -2.15. The molecular formula is C20H13BrFN3O2. The number of aromatic carboxylic acids is 1. The fourth-order valence-corrected chi connectivity index (χ4v) is 4.05. The minimum absolute atomic E-state index is 0.0000904. The summed E-state index contributed by atoms with van der Waals surface area (Å²) in [5.41, 5.74) is 2.27. The number of carbonyl (C=O) groups is 1. The first-order valence-corrected chi connectivity index (χ1v) is 9.26. The Hall–Kier alpha value is -2.80. The van der Waals surface area contributed by atoms with E-state index in [0.29, 0.717) is 29.8 Å². The first-order chi connectivity index (χ1) is 13.0. The highest BCUT2D eigenvalue weighted by atomic mass is 79.9. The van der Waals surface area contributed by atoms with E-state index in [1.165, 1.54) is 12.4 Å². The van der Waals surface area contributed by atoms with Gasteiger partial charge in [0.2, 0.25) is 0 Å². The highest BCUT2D eigenvalue weighted by Crippen LogP contribution is 2.53. The van der Waals surface area contributed by atoms with Gasteiger partial charge in [-0.05, 0) is 43.2 Å². The van der Waals surface area contributed by atoms with Crippen LogP contribution < -0.4 is 0 Å². The maximum absolute atomic E-state index is 14.6. The standard InChI is InChI=1S/C20H13BrFN3O2/c21-11-5-6-15-13(9-11)16(12-3-1-2-4-14(12)22)24-20(7-8-20)18-17(19(26)27)23-10-25(15)18/h1-6,9-10H,7-8H2,(H,26,27). The number of hydrogen-bond donors (Lipinski definition) is 1. The molecule has 2 heterocycles. The molecule has 0 atom stereocenters. The smallest absolute Gasteiger partial charge is 0.356 e. The molecule has 0 amide bonds. The van der Waals surface area contributed by atoms with Crippen LogP contribution in [-0.2, 0) is 5.54 Å². The molecule has 134 valence electrons. The molecule has 1 N–H and O–H groups in total. The summed E-state index contributed by atoms with van der Waals surface area (Å²) in [7, 11) is 0. The Bertz CT molecular complexity index is 1150. The molecule has 5 nitrogen and oxygen atoms in total. The number of aliphatic imine (C=N–C) groups is 1. The summed E-state index contributed by atoms with van der Waals surface area (Å²) in [4.78, 5) is 20.8. The lowest BCUT2D eigenvalue weighted by atomic mass is 10.00. The summed E-state index contributed by atoms with van der Waals surface area (Å²) in [6.07, 6.45) is 2.92. The zero-order valence-electron chi connectivity index (χ0n) is 14.0. The van der Waals surface area contributed by atoms with Crippen LogP contribution in [0.15, 0.2) is 58.3 Å². The molecule has 27 heavy (non-hydrogen) atoms. The predicted molar refractivity (Wildman–Crippen MR) is 101 cm³/mol. The third kappa shape index (κ3) is 2.38. The van der Waals surface area contributed by atoms with Gasteiger partial charge in [0.15, 0.2) is 5.69 Å². The van der Waals surface area contributed by atoms with Crippen LogP contribution in [0.4, 0.5) is 4.39 Å². The van der Waals surface area contributed by atoms with E-state index >= 15 is 0 Å². The van der Waals surface area contributed by atoms with Crippen LogP contribution in [0.3, 0.4) is 0 Å². The number of imidazole rings is 1. The van der Waals surface area contributed by atoms with Crippen molar-refractivity contribution >= 4 is 27.6 Å². The highest BCUT2D eigenvalue weighted by molar-refractivity contribution is 9.10. The van der Waals surface area contributed by atoms with Gasteiger partial charge in [-0.15, -0.1) is 0 Å². The largest absolute Gasteiger partial charge is 0.476 e. The molecule has 5 rings (SSSR count). The van der Waals surface area contributed by atoms with Crippen molar-refractivity contribution in [2.75, 3.05) is 0 Å². The number of hydrogen-bond acceptors (Lipinski definition) is 3. The van der Waals surface area contributed by atoms with Crippen molar-refractivity contribution in [2.45, 2.75) is 18.4 Å². The van der Waals surface area contributed by atoms with Crippen molar-refractivity contribution in [3.63, 3.8) is 0 Å². The van der Waals surface area contributed by atoms with Gasteiger partial charge in [0, 0.05) is 15.6 Å². The molecule has 0 saturated heterocycles. The van der Waals surface area contributed by atoms with Crippen molar-refractivity contribution in [1.29, 1.82) is 0 Å². The van der Waals surface area contributed by atoms with E-state index in [4.69, 9.17) is 4.99 Å². The van der Waals surface area contributed by atoms with Crippen LogP contribution >= 0.6 is 15.9 Å². The number of halogens is 2. The first-order valence-electron chi connectivity index (χ1n) is 8.46. The average molecular weight is 426 g/mol. The van der Waals surface area contributed by atoms with Gasteiger partial charge >= 0.3 is 5.97 Å². The molecule has 7 heteroatoms. The molecule has 1 saturated carbocycles. The Labute approximate surface area is 162 Å². The van der Waals surface area contributed by atoms with Crippen molar-refractivity contribution in [3.05, 3.63) is 81.6 Å². The second-order valence-electron chi connectivity index (χ2n) is 6.75. The van der Waals surface area contributed by atoms with Crippen LogP contribution in [0, 0.1) is 5.82 Å². The summed E-state index contributed by atoms with van der Waals surface area (Å²) >= 11 is 3.48. The number of nitrogens with zero attached hydrogens (tertiary/aromatic N) is 3. The van der Waals surface area contributed by atoms with Crippen LogP contribution in [0.5, 0.6) is 0 Å². The molecule has 0 unspecified atom stereocenters. The van der Waals surface area contributed by atoms with Gasteiger partial charge in [-0.25, -0.2) is 14.2 Å². The van der Waals surface area contributed by atoms with E-state index in [9.17, 15) is 14.3 Å². The van der Waals surface area contributed by atoms with E-state index in [0.717, 1.165) is 15.7 Å². The molecule has 1 fully saturated rings. The maximum Gasteiger partial charge on any atom is 0.356 e. The number of fused-ring (bicyclic) bond motifs is 4. The van der Waals surface area contributed by atoms with Crippen molar-refractivity contribution in [3.8, 4) is 5.69 Å². The summed E-state index contributed by atoms with van der Waals surface area (Å²) < 4.78 is 17.2. The molecule has 2 aromatic carbocycles. The number of carboxylic acid groups (broad SMARTS) is 1. The Morgan fingerprint density at radius 1 is 1.19 bits per heavy atom. The molecule has 2 aliphatic rings. The van der Waals surface area contributed by atoms with Crippen molar-refractivity contribution in [2.24, 2.45) is 4.99 Å². The fourth-order valence-electron chi connectivity index (χ4n) is 3.69. The maximum atomic E-state index is 14.6. The van der Waals surface area contributed by atoms with Gasteiger partial charge in [0.25, 0.3) is 0 Å². The molecule has 0 bridgehead atoms.